The molecule has 0 atom stereocenters. The van der Waals surface area contributed by atoms with Crippen molar-refractivity contribution in [2.75, 3.05) is 18.9 Å². The standard InChI is InChI=1S/C10H11F3N2O/c1-14-9(16)2-3-15-10-7(12)4-6(11)5-8(10)13/h4-5,15H,2-3H2,1H3,(H,14,16). The van der Waals surface area contributed by atoms with Gasteiger partial charge in [0.1, 0.15) is 11.5 Å². The third kappa shape index (κ3) is 3.15. The number of hydrogen-bond acceptors (Lipinski definition) is 2. The lowest BCUT2D eigenvalue weighted by Gasteiger charge is -2.08. The van der Waals surface area contributed by atoms with Crippen molar-refractivity contribution < 1.29 is 18.0 Å². The van der Waals surface area contributed by atoms with E-state index < -0.39 is 23.1 Å². The first kappa shape index (κ1) is 12.4. The Morgan fingerprint density at radius 1 is 1.25 bits per heavy atom. The normalized spacial score (nSPS) is 10.0. The number of nitrogens with one attached hydrogen (secondary N) is 2. The van der Waals surface area contributed by atoms with Gasteiger partial charge in [0, 0.05) is 32.1 Å². The van der Waals surface area contributed by atoms with Crippen molar-refractivity contribution >= 4 is 11.6 Å². The summed E-state index contributed by atoms with van der Waals surface area (Å²) in [6, 6.07) is 1.15. The molecule has 88 valence electrons. The van der Waals surface area contributed by atoms with Crippen LogP contribution < -0.4 is 10.6 Å². The van der Waals surface area contributed by atoms with Gasteiger partial charge in [0.2, 0.25) is 5.91 Å². The van der Waals surface area contributed by atoms with Crippen molar-refractivity contribution in [2.24, 2.45) is 0 Å². The van der Waals surface area contributed by atoms with Crippen molar-refractivity contribution in [3.63, 3.8) is 0 Å². The molecule has 0 aromatic heterocycles. The van der Waals surface area contributed by atoms with Crippen molar-refractivity contribution in [3.05, 3.63) is 29.6 Å². The Balaban J connectivity index is 2.64. The molecule has 0 spiro atoms. The minimum absolute atomic E-state index is 0.0686. The molecule has 1 rings (SSSR count). The SMILES string of the molecule is CNC(=O)CCNc1c(F)cc(F)cc1F. The summed E-state index contributed by atoms with van der Waals surface area (Å²) in [5.41, 5.74) is -0.426. The Labute approximate surface area is 90.6 Å². The molecule has 3 nitrogen and oxygen atoms in total. The second-order valence-corrected chi connectivity index (χ2v) is 3.09. The molecule has 0 aliphatic carbocycles. The smallest absolute Gasteiger partial charge is 0.221 e. The van der Waals surface area contributed by atoms with Crippen LogP contribution in [-0.4, -0.2) is 19.5 Å². The van der Waals surface area contributed by atoms with Crippen LogP contribution in [0.2, 0.25) is 0 Å². The maximum absolute atomic E-state index is 13.1. The number of benzene rings is 1. The van der Waals surface area contributed by atoms with Crippen molar-refractivity contribution in [1.29, 1.82) is 0 Å². The Morgan fingerprint density at radius 3 is 2.31 bits per heavy atom. The third-order valence-electron chi connectivity index (χ3n) is 1.94. The third-order valence-corrected chi connectivity index (χ3v) is 1.94. The molecule has 6 heteroatoms. The Kier molecular flexibility index (Phi) is 4.16. The number of anilines is 1. The van der Waals surface area contributed by atoms with Crippen LogP contribution in [0.3, 0.4) is 0 Å². The summed E-state index contributed by atoms with van der Waals surface area (Å²) in [5, 5.41) is 4.76. The molecular weight excluding hydrogens is 221 g/mol. The molecule has 0 aliphatic rings. The van der Waals surface area contributed by atoms with Gasteiger partial charge in [-0.25, -0.2) is 13.2 Å². The van der Waals surface area contributed by atoms with Gasteiger partial charge in [-0.3, -0.25) is 4.79 Å². The first-order valence-corrected chi connectivity index (χ1v) is 4.63. The summed E-state index contributed by atoms with van der Waals surface area (Å²) in [5.74, 6) is -3.27. The van der Waals surface area contributed by atoms with Crippen LogP contribution in [0.4, 0.5) is 18.9 Å². The Hall–Kier alpha value is -1.72. The predicted molar refractivity (Wildman–Crippen MR) is 53.5 cm³/mol. The molecule has 2 N–H and O–H groups in total. The first-order chi connectivity index (χ1) is 7.54. The number of rotatable bonds is 4. The molecule has 1 aromatic rings. The van der Waals surface area contributed by atoms with Crippen LogP contribution in [0.15, 0.2) is 12.1 Å². The summed E-state index contributed by atoms with van der Waals surface area (Å²) >= 11 is 0. The summed E-state index contributed by atoms with van der Waals surface area (Å²) in [4.78, 5) is 10.8. The Morgan fingerprint density at radius 2 is 1.81 bits per heavy atom. The topological polar surface area (TPSA) is 41.1 Å². The van der Waals surface area contributed by atoms with E-state index in [2.05, 4.69) is 10.6 Å². The van der Waals surface area contributed by atoms with Gasteiger partial charge in [0.25, 0.3) is 0 Å². The Bertz CT molecular complexity index is 373. The summed E-state index contributed by atoms with van der Waals surface area (Å²) < 4.78 is 38.7. The number of carbonyl (C=O) groups excluding carboxylic acids is 1. The summed E-state index contributed by atoms with van der Waals surface area (Å²) in [7, 11) is 1.46. The monoisotopic (exact) mass is 232 g/mol. The fourth-order valence-electron chi connectivity index (χ4n) is 1.14. The molecule has 16 heavy (non-hydrogen) atoms. The average molecular weight is 232 g/mol. The van der Waals surface area contributed by atoms with Gasteiger partial charge >= 0.3 is 0 Å². The van der Waals surface area contributed by atoms with Crippen LogP contribution in [0.1, 0.15) is 6.42 Å². The molecule has 0 saturated carbocycles. The zero-order valence-corrected chi connectivity index (χ0v) is 8.61. The lowest BCUT2D eigenvalue weighted by molar-refractivity contribution is -0.120. The highest BCUT2D eigenvalue weighted by molar-refractivity contribution is 5.76. The van der Waals surface area contributed by atoms with Crippen LogP contribution in [0.5, 0.6) is 0 Å². The van der Waals surface area contributed by atoms with E-state index in [1.165, 1.54) is 7.05 Å². The van der Waals surface area contributed by atoms with E-state index in [1.54, 1.807) is 0 Å². The van der Waals surface area contributed by atoms with E-state index in [4.69, 9.17) is 0 Å². The molecule has 1 amide bonds. The van der Waals surface area contributed by atoms with E-state index in [0.717, 1.165) is 0 Å². The molecule has 0 fully saturated rings. The van der Waals surface area contributed by atoms with Crippen LogP contribution in [-0.2, 0) is 4.79 Å². The number of amides is 1. The zero-order valence-electron chi connectivity index (χ0n) is 8.61. The second kappa shape index (κ2) is 5.39. The minimum atomic E-state index is -1.02. The molecule has 0 radical (unpaired) electrons. The molecule has 0 unspecified atom stereocenters. The molecule has 0 aliphatic heterocycles. The zero-order chi connectivity index (χ0) is 12.1. The van der Waals surface area contributed by atoms with Crippen LogP contribution in [0.25, 0.3) is 0 Å². The summed E-state index contributed by atoms with van der Waals surface area (Å²) in [6.45, 7) is 0.0686. The van der Waals surface area contributed by atoms with Gasteiger partial charge in [0.05, 0.1) is 0 Å². The average Bonchev–Trinajstić information content (AvgIpc) is 2.21. The minimum Gasteiger partial charge on any atom is -0.380 e. The van der Waals surface area contributed by atoms with Gasteiger partial charge in [-0.15, -0.1) is 0 Å². The van der Waals surface area contributed by atoms with Gasteiger partial charge in [-0.2, -0.15) is 0 Å². The van der Waals surface area contributed by atoms with Gasteiger partial charge in [-0.05, 0) is 0 Å². The predicted octanol–water partition coefficient (Wildman–Crippen LogP) is 1.65. The fourth-order valence-corrected chi connectivity index (χ4v) is 1.14. The largest absolute Gasteiger partial charge is 0.380 e. The number of carbonyl (C=O) groups is 1. The van der Waals surface area contributed by atoms with Gasteiger partial charge in [0.15, 0.2) is 11.6 Å². The maximum Gasteiger partial charge on any atom is 0.221 e. The molecule has 0 saturated heterocycles. The van der Waals surface area contributed by atoms with E-state index >= 15 is 0 Å². The van der Waals surface area contributed by atoms with E-state index in [-0.39, 0.29) is 18.9 Å². The number of halogens is 3. The highest BCUT2D eigenvalue weighted by Crippen LogP contribution is 2.19. The van der Waals surface area contributed by atoms with Crippen LogP contribution >= 0.6 is 0 Å². The van der Waals surface area contributed by atoms with Crippen molar-refractivity contribution in [3.8, 4) is 0 Å². The molecule has 0 heterocycles. The molecule has 1 aromatic carbocycles. The van der Waals surface area contributed by atoms with E-state index in [0.29, 0.717) is 12.1 Å². The van der Waals surface area contributed by atoms with Crippen LogP contribution in [0, 0.1) is 17.5 Å². The van der Waals surface area contributed by atoms with E-state index in [1.807, 2.05) is 0 Å². The molecule has 0 bridgehead atoms. The highest BCUT2D eigenvalue weighted by Gasteiger charge is 2.11. The fraction of sp³-hybridized carbons (Fsp3) is 0.300. The summed E-state index contributed by atoms with van der Waals surface area (Å²) in [6.07, 6.45) is 0.0761. The van der Waals surface area contributed by atoms with E-state index in [9.17, 15) is 18.0 Å². The van der Waals surface area contributed by atoms with Crippen molar-refractivity contribution in [2.45, 2.75) is 6.42 Å². The first-order valence-electron chi connectivity index (χ1n) is 4.63. The van der Waals surface area contributed by atoms with Crippen molar-refractivity contribution in [1.82, 2.24) is 5.32 Å². The second-order valence-electron chi connectivity index (χ2n) is 3.09. The number of hydrogen-bond donors (Lipinski definition) is 2. The lowest BCUT2D eigenvalue weighted by Crippen LogP contribution is -2.21. The maximum atomic E-state index is 13.1. The van der Waals surface area contributed by atoms with Gasteiger partial charge in [-0.1, -0.05) is 0 Å². The molecular formula is C10H11F3N2O. The lowest BCUT2D eigenvalue weighted by atomic mass is 10.2. The quantitative estimate of drug-likeness (QED) is 0.828. The van der Waals surface area contributed by atoms with Gasteiger partial charge < -0.3 is 10.6 Å². The highest BCUT2D eigenvalue weighted by atomic mass is 19.1.